The van der Waals surface area contributed by atoms with E-state index in [1.165, 1.54) is 49.7 Å². The SMILES string of the molecule is S=C(SCc1ccccc1CSC(=S)N1CCCCC1)N1CCCCC1. The molecule has 2 nitrogen and oxygen atoms in total. The second-order valence-corrected chi connectivity index (χ2v) is 10.2. The Balaban J connectivity index is 1.50. The first-order valence-electron chi connectivity index (χ1n) is 9.64. The van der Waals surface area contributed by atoms with Crippen molar-refractivity contribution in [2.24, 2.45) is 0 Å². The second-order valence-electron chi connectivity index (χ2n) is 6.97. The number of nitrogens with zero attached hydrogens (tertiary/aromatic N) is 2. The molecule has 2 fully saturated rings. The topological polar surface area (TPSA) is 6.48 Å². The van der Waals surface area contributed by atoms with E-state index in [1.54, 1.807) is 0 Å². The van der Waals surface area contributed by atoms with Gasteiger partial charge >= 0.3 is 0 Å². The van der Waals surface area contributed by atoms with Crippen LogP contribution in [0, 0.1) is 0 Å². The Morgan fingerprint density at radius 3 is 1.46 bits per heavy atom. The Kier molecular flexibility index (Phi) is 8.56. The summed E-state index contributed by atoms with van der Waals surface area (Å²) in [6.45, 7) is 4.53. The van der Waals surface area contributed by atoms with E-state index in [-0.39, 0.29) is 0 Å². The van der Waals surface area contributed by atoms with Crippen LogP contribution in [0.2, 0.25) is 0 Å². The van der Waals surface area contributed by atoms with Crippen molar-refractivity contribution < 1.29 is 0 Å². The van der Waals surface area contributed by atoms with Crippen LogP contribution in [0.1, 0.15) is 49.7 Å². The number of hydrogen-bond acceptors (Lipinski definition) is 4. The van der Waals surface area contributed by atoms with E-state index >= 15 is 0 Å². The van der Waals surface area contributed by atoms with E-state index in [2.05, 4.69) is 34.1 Å². The Bertz CT molecular complexity index is 555. The van der Waals surface area contributed by atoms with E-state index in [1.807, 2.05) is 23.5 Å². The summed E-state index contributed by atoms with van der Waals surface area (Å²) in [5.74, 6) is 1.92. The number of rotatable bonds is 4. The number of thioether (sulfide) groups is 2. The van der Waals surface area contributed by atoms with Crippen molar-refractivity contribution >= 4 is 56.6 Å². The third-order valence-electron chi connectivity index (χ3n) is 5.05. The lowest BCUT2D eigenvalue weighted by molar-refractivity contribution is 0.352. The average molecular weight is 425 g/mol. The smallest absolute Gasteiger partial charge is 0.136 e. The van der Waals surface area contributed by atoms with E-state index in [0.29, 0.717) is 0 Å². The molecule has 1 aromatic rings. The van der Waals surface area contributed by atoms with Gasteiger partial charge in [-0.15, -0.1) is 0 Å². The zero-order chi connectivity index (χ0) is 18.2. The maximum Gasteiger partial charge on any atom is 0.136 e. The molecule has 0 bridgehead atoms. The van der Waals surface area contributed by atoms with Gasteiger partial charge in [0, 0.05) is 37.7 Å². The van der Waals surface area contributed by atoms with Crippen LogP contribution in [0.5, 0.6) is 0 Å². The summed E-state index contributed by atoms with van der Waals surface area (Å²) in [5, 5.41) is 0. The molecule has 2 aliphatic heterocycles. The third-order valence-corrected chi connectivity index (χ3v) is 8.19. The molecule has 6 heteroatoms. The predicted molar refractivity (Wildman–Crippen MR) is 125 cm³/mol. The van der Waals surface area contributed by atoms with Crippen LogP contribution >= 0.6 is 48.0 Å². The fourth-order valence-corrected chi connectivity index (χ4v) is 6.02. The first-order valence-corrected chi connectivity index (χ1v) is 12.4. The lowest BCUT2D eigenvalue weighted by atomic mass is 10.1. The maximum absolute atomic E-state index is 5.66. The fraction of sp³-hybridized carbons (Fsp3) is 0.600. The standard InChI is InChI=1S/C20H28N2S4/c23-19(21-11-5-1-6-12-21)25-15-17-9-3-4-10-18(17)16-26-20(24)22-13-7-2-8-14-22/h3-4,9-10H,1-2,5-8,11-16H2. The summed E-state index contributed by atoms with van der Waals surface area (Å²) in [5.41, 5.74) is 2.79. The molecular weight excluding hydrogens is 397 g/mol. The lowest BCUT2D eigenvalue weighted by Crippen LogP contribution is -2.32. The minimum absolute atomic E-state index is 0.961. The molecule has 2 saturated heterocycles. The highest BCUT2D eigenvalue weighted by molar-refractivity contribution is 8.22. The molecule has 2 aliphatic rings. The first kappa shape index (κ1) is 20.4. The molecule has 0 atom stereocenters. The van der Waals surface area contributed by atoms with Crippen molar-refractivity contribution in [2.75, 3.05) is 26.2 Å². The normalized spacial score (nSPS) is 18.0. The number of benzene rings is 1. The van der Waals surface area contributed by atoms with Crippen molar-refractivity contribution in [2.45, 2.75) is 50.0 Å². The van der Waals surface area contributed by atoms with Gasteiger partial charge in [-0.2, -0.15) is 0 Å². The molecule has 0 saturated carbocycles. The first-order chi connectivity index (χ1) is 12.7. The van der Waals surface area contributed by atoms with Gasteiger partial charge in [0.05, 0.1) is 0 Å². The highest BCUT2D eigenvalue weighted by atomic mass is 32.2. The van der Waals surface area contributed by atoms with Crippen LogP contribution in [0.15, 0.2) is 24.3 Å². The van der Waals surface area contributed by atoms with Gasteiger partial charge in [0.15, 0.2) is 0 Å². The summed E-state index contributed by atoms with van der Waals surface area (Å²) in [6, 6.07) is 8.76. The molecule has 0 aromatic heterocycles. The monoisotopic (exact) mass is 424 g/mol. The van der Waals surface area contributed by atoms with Crippen LogP contribution < -0.4 is 0 Å². The molecule has 0 unspecified atom stereocenters. The quantitative estimate of drug-likeness (QED) is 0.568. The van der Waals surface area contributed by atoms with Gasteiger partial charge in [0.25, 0.3) is 0 Å². The summed E-state index contributed by atoms with van der Waals surface area (Å²) in [4.78, 5) is 4.76. The number of thiocarbonyl (C=S) groups is 2. The van der Waals surface area contributed by atoms with Crippen LogP contribution in [0.25, 0.3) is 0 Å². The zero-order valence-electron chi connectivity index (χ0n) is 15.3. The molecule has 26 heavy (non-hydrogen) atoms. The largest absolute Gasteiger partial charge is 0.358 e. The highest BCUT2D eigenvalue weighted by Crippen LogP contribution is 2.26. The molecule has 3 rings (SSSR count). The number of hydrogen-bond donors (Lipinski definition) is 0. The molecule has 0 N–H and O–H groups in total. The van der Waals surface area contributed by atoms with Crippen molar-refractivity contribution in [1.82, 2.24) is 9.80 Å². The predicted octanol–water partition coefficient (Wildman–Crippen LogP) is 5.69. The molecular formula is C20H28N2S4. The van der Waals surface area contributed by atoms with Crippen molar-refractivity contribution in [3.63, 3.8) is 0 Å². The summed E-state index contributed by atoms with van der Waals surface area (Å²) in [7, 11) is 0. The summed E-state index contributed by atoms with van der Waals surface area (Å²) in [6.07, 6.45) is 7.81. The van der Waals surface area contributed by atoms with Crippen molar-refractivity contribution in [3.05, 3.63) is 35.4 Å². The molecule has 2 heterocycles. The Hall–Kier alpha value is -0.300. The van der Waals surface area contributed by atoms with Crippen LogP contribution in [-0.4, -0.2) is 44.6 Å². The van der Waals surface area contributed by atoms with Crippen molar-refractivity contribution in [3.8, 4) is 0 Å². The molecule has 142 valence electrons. The molecule has 0 spiro atoms. The van der Waals surface area contributed by atoms with E-state index in [4.69, 9.17) is 24.4 Å². The average Bonchev–Trinajstić information content (AvgIpc) is 2.72. The van der Waals surface area contributed by atoms with E-state index in [9.17, 15) is 0 Å². The Morgan fingerprint density at radius 2 is 1.08 bits per heavy atom. The van der Waals surface area contributed by atoms with Crippen LogP contribution in [-0.2, 0) is 11.5 Å². The van der Waals surface area contributed by atoms with Gasteiger partial charge in [-0.1, -0.05) is 72.2 Å². The number of piperidine rings is 2. The van der Waals surface area contributed by atoms with E-state index in [0.717, 1.165) is 46.3 Å². The van der Waals surface area contributed by atoms with Crippen LogP contribution in [0.3, 0.4) is 0 Å². The van der Waals surface area contributed by atoms with Gasteiger partial charge < -0.3 is 9.80 Å². The van der Waals surface area contributed by atoms with Gasteiger partial charge in [0.2, 0.25) is 0 Å². The Labute approximate surface area is 177 Å². The summed E-state index contributed by atoms with van der Waals surface area (Å²) >= 11 is 15.0. The van der Waals surface area contributed by atoms with Gasteiger partial charge in [-0.25, -0.2) is 0 Å². The van der Waals surface area contributed by atoms with Gasteiger partial charge in [-0.05, 0) is 49.7 Å². The molecule has 1 aromatic carbocycles. The molecule has 0 radical (unpaired) electrons. The molecule has 0 amide bonds. The minimum atomic E-state index is 0.961. The Morgan fingerprint density at radius 1 is 0.692 bits per heavy atom. The van der Waals surface area contributed by atoms with Crippen molar-refractivity contribution in [1.29, 1.82) is 0 Å². The summed E-state index contributed by atoms with van der Waals surface area (Å²) < 4.78 is 2.13. The second kappa shape index (κ2) is 10.9. The fourth-order valence-electron chi connectivity index (χ4n) is 3.45. The minimum Gasteiger partial charge on any atom is -0.358 e. The van der Waals surface area contributed by atoms with E-state index < -0.39 is 0 Å². The number of likely N-dealkylation sites (tertiary alicyclic amines) is 2. The van der Waals surface area contributed by atoms with Gasteiger partial charge in [-0.3, -0.25) is 0 Å². The third kappa shape index (κ3) is 6.11. The zero-order valence-corrected chi connectivity index (χ0v) is 18.6. The van der Waals surface area contributed by atoms with Crippen LogP contribution in [0.4, 0.5) is 0 Å². The maximum atomic E-state index is 5.66. The molecule has 0 aliphatic carbocycles. The highest BCUT2D eigenvalue weighted by Gasteiger charge is 2.16. The lowest BCUT2D eigenvalue weighted by Gasteiger charge is -2.29. The van der Waals surface area contributed by atoms with Gasteiger partial charge in [0.1, 0.15) is 8.64 Å².